The van der Waals surface area contributed by atoms with Crippen LogP contribution in [0.2, 0.25) is 0 Å². The van der Waals surface area contributed by atoms with Gasteiger partial charge < -0.3 is 48.8 Å². The predicted octanol–water partition coefficient (Wildman–Crippen LogP) is 1.56. The molecule has 12 atom stereocenters. The third-order valence-electron chi connectivity index (χ3n) is 12.8. The zero-order valence-electron chi connectivity index (χ0n) is 32.3. The molecule has 2 aliphatic heterocycles. The van der Waals surface area contributed by atoms with E-state index >= 15 is 4.79 Å². The van der Waals surface area contributed by atoms with Gasteiger partial charge in [-0.15, -0.1) is 0 Å². The number of carbonyl (C=O) groups excluding carboxylic acids is 5. The largest absolute Gasteiger partial charge is 0.456 e. The molecule has 5 N–H and O–H groups in total. The van der Waals surface area contributed by atoms with E-state index < -0.39 is 113 Å². The molecule has 3 fully saturated rings. The Hall–Kier alpha value is -4.71. The van der Waals surface area contributed by atoms with Gasteiger partial charge in [0, 0.05) is 37.7 Å². The number of hydrogen-bond acceptors (Lipinski definition) is 16. The van der Waals surface area contributed by atoms with E-state index in [1.165, 1.54) is 26.0 Å². The van der Waals surface area contributed by atoms with Crippen molar-refractivity contribution in [3.8, 4) is 5.75 Å². The van der Waals surface area contributed by atoms with E-state index in [0.717, 1.165) is 13.8 Å². The van der Waals surface area contributed by atoms with Gasteiger partial charge in [-0.1, -0.05) is 50.2 Å². The number of ether oxygens (including phenoxy) is 6. The Balaban J connectivity index is 1.41. The Morgan fingerprint density at radius 2 is 1.60 bits per heavy atom. The quantitative estimate of drug-likeness (QED) is 0.152. The fourth-order valence-corrected chi connectivity index (χ4v) is 9.87. The summed E-state index contributed by atoms with van der Waals surface area (Å²) in [7, 11) is 0. The first-order valence-electron chi connectivity index (χ1n) is 18.8. The minimum atomic E-state index is -2.36. The summed E-state index contributed by atoms with van der Waals surface area (Å²) in [6.07, 6.45) is -11.9. The maximum atomic E-state index is 15.4. The normalized spacial score (nSPS) is 36.9. The van der Waals surface area contributed by atoms with Crippen LogP contribution in [0.4, 0.5) is 0 Å². The number of Topliss-reactive ketones (excluding diaryl/α,β-unsaturated/α-hetero) is 1. The van der Waals surface area contributed by atoms with Crippen molar-refractivity contribution < 1.29 is 72.8 Å². The van der Waals surface area contributed by atoms with Crippen molar-refractivity contribution in [1.29, 1.82) is 0 Å². The maximum Gasteiger partial charge on any atom is 0.338 e. The number of carbonyl (C=O) groups is 5. The number of benzene rings is 2. The molecular formula is C41H47NO15. The molecule has 2 bridgehead atoms. The van der Waals surface area contributed by atoms with Gasteiger partial charge >= 0.3 is 23.9 Å². The molecule has 0 amide bonds. The van der Waals surface area contributed by atoms with Crippen molar-refractivity contribution in [2.45, 2.75) is 115 Å². The Bertz CT molecular complexity index is 2020. The lowest BCUT2D eigenvalue weighted by atomic mass is 9.44. The minimum absolute atomic E-state index is 0.00912. The Morgan fingerprint density at radius 1 is 0.930 bits per heavy atom. The average molecular weight is 794 g/mol. The summed E-state index contributed by atoms with van der Waals surface area (Å²) < 4.78 is 35.4. The monoisotopic (exact) mass is 793 g/mol. The molecule has 0 aromatic heterocycles. The topological polar surface area (TPSA) is 234 Å². The number of esters is 4. The van der Waals surface area contributed by atoms with Gasteiger partial charge in [-0.2, -0.15) is 0 Å². The Labute approximate surface area is 328 Å². The van der Waals surface area contributed by atoms with Crippen LogP contribution in [0.1, 0.15) is 76.3 Å². The summed E-state index contributed by atoms with van der Waals surface area (Å²) in [5.41, 5.74) is -7.18. The highest BCUT2D eigenvalue weighted by atomic mass is 16.6. The lowest BCUT2D eigenvalue weighted by Gasteiger charge is -2.67. The lowest BCUT2D eigenvalue weighted by molar-refractivity contribution is -0.346. The van der Waals surface area contributed by atoms with Crippen LogP contribution in [-0.4, -0.2) is 111 Å². The minimum Gasteiger partial charge on any atom is -0.456 e. The molecule has 2 saturated carbocycles. The van der Waals surface area contributed by atoms with E-state index in [1.807, 2.05) is 0 Å². The van der Waals surface area contributed by atoms with Gasteiger partial charge in [0.1, 0.15) is 29.7 Å². The van der Waals surface area contributed by atoms with Crippen LogP contribution >= 0.6 is 0 Å². The molecule has 57 heavy (non-hydrogen) atoms. The van der Waals surface area contributed by atoms with Crippen molar-refractivity contribution in [2.24, 2.45) is 16.7 Å². The molecule has 1 unspecified atom stereocenters. The predicted molar refractivity (Wildman–Crippen MR) is 194 cm³/mol. The third-order valence-corrected chi connectivity index (χ3v) is 12.8. The molecule has 16 nitrogen and oxygen atoms in total. The van der Waals surface area contributed by atoms with E-state index in [0.29, 0.717) is 5.56 Å². The molecule has 5 aliphatic rings. The van der Waals surface area contributed by atoms with Crippen LogP contribution in [0.15, 0.2) is 65.7 Å². The molecule has 7 rings (SSSR count). The van der Waals surface area contributed by atoms with E-state index in [9.17, 15) is 39.6 Å². The number of nitrogens with one attached hydrogen (secondary N) is 1. The second-order valence-electron chi connectivity index (χ2n) is 16.3. The van der Waals surface area contributed by atoms with Crippen molar-refractivity contribution in [3.05, 3.63) is 76.9 Å². The van der Waals surface area contributed by atoms with Crippen molar-refractivity contribution in [3.63, 3.8) is 0 Å². The number of hydrogen-bond donors (Lipinski definition) is 5. The van der Waals surface area contributed by atoms with Crippen molar-refractivity contribution in [2.75, 3.05) is 6.61 Å². The Kier molecular flexibility index (Phi) is 10.1. The van der Waals surface area contributed by atoms with Gasteiger partial charge in [-0.05, 0) is 43.2 Å². The van der Waals surface area contributed by atoms with E-state index in [-0.39, 0.29) is 35.5 Å². The van der Waals surface area contributed by atoms with Crippen LogP contribution in [0.25, 0.3) is 0 Å². The van der Waals surface area contributed by atoms with Gasteiger partial charge in [0.05, 0.1) is 35.6 Å². The molecule has 3 aliphatic carbocycles. The first kappa shape index (κ1) is 40.5. The summed E-state index contributed by atoms with van der Waals surface area (Å²) in [4.78, 5) is 69.3. The molecule has 1 saturated heterocycles. The van der Waals surface area contributed by atoms with Crippen LogP contribution in [-0.2, 0) is 42.9 Å². The molecule has 16 heteroatoms. The highest BCUT2D eigenvalue weighted by molar-refractivity contribution is 5.95. The van der Waals surface area contributed by atoms with Crippen LogP contribution < -0.4 is 10.1 Å². The zero-order chi connectivity index (χ0) is 41.4. The second-order valence-corrected chi connectivity index (χ2v) is 16.3. The van der Waals surface area contributed by atoms with E-state index in [1.54, 1.807) is 56.3 Å². The van der Waals surface area contributed by atoms with Crippen LogP contribution in [0.3, 0.4) is 0 Å². The molecule has 2 aromatic rings. The van der Waals surface area contributed by atoms with E-state index in [4.69, 9.17) is 28.4 Å². The average Bonchev–Trinajstić information content (AvgIpc) is 3.15. The fraction of sp³-hybridized carbons (Fsp3) is 0.537. The number of rotatable bonds is 7. The molecule has 0 spiro atoms. The summed E-state index contributed by atoms with van der Waals surface area (Å²) in [6.45, 7) is 7.98. The molecule has 306 valence electrons. The smallest absolute Gasteiger partial charge is 0.338 e. The van der Waals surface area contributed by atoms with Gasteiger partial charge in [-0.3, -0.25) is 14.4 Å². The number of aliphatic hydroxyl groups excluding tert-OH is 3. The third kappa shape index (κ3) is 6.24. The number of para-hydroxylation sites is 1. The van der Waals surface area contributed by atoms with Crippen molar-refractivity contribution >= 4 is 29.7 Å². The zero-order valence-corrected chi connectivity index (χ0v) is 32.3. The van der Waals surface area contributed by atoms with Gasteiger partial charge in [0.15, 0.2) is 23.6 Å². The van der Waals surface area contributed by atoms with Crippen molar-refractivity contribution in [1.82, 2.24) is 5.32 Å². The maximum absolute atomic E-state index is 15.4. The highest BCUT2D eigenvalue weighted by Gasteiger charge is 2.78. The molecule has 2 heterocycles. The highest BCUT2D eigenvalue weighted by Crippen LogP contribution is 2.64. The molecule has 2 aromatic carbocycles. The fourth-order valence-electron chi connectivity index (χ4n) is 9.87. The summed E-state index contributed by atoms with van der Waals surface area (Å²) in [6, 6.07) is 13.1. The van der Waals surface area contributed by atoms with Crippen LogP contribution in [0, 0.1) is 16.7 Å². The van der Waals surface area contributed by atoms with Gasteiger partial charge in [-0.25, -0.2) is 14.9 Å². The first-order valence-corrected chi connectivity index (χ1v) is 18.8. The number of ketones is 1. The second kappa shape index (κ2) is 14.3. The summed E-state index contributed by atoms with van der Waals surface area (Å²) in [5, 5.41) is 49.9. The van der Waals surface area contributed by atoms with Crippen LogP contribution in [0.5, 0.6) is 5.75 Å². The Morgan fingerprint density at radius 3 is 2.23 bits per heavy atom. The van der Waals surface area contributed by atoms with E-state index in [2.05, 4.69) is 5.32 Å². The summed E-state index contributed by atoms with van der Waals surface area (Å²) >= 11 is 0. The lowest BCUT2D eigenvalue weighted by Crippen LogP contribution is -2.82. The molecular weight excluding hydrogens is 746 g/mol. The standard InChI is InChI=1S/C41H47NO15/c1-19-25(54-36(49)30(46)29-23-14-10-11-15-24(23)55-37(50)42-29)17-41(51)34(56-35(48)22-12-8-7-9-13-22)32-39(6,26(45)16-27-40(32,18-52-27)57-21(3)44)33(47)31(53-20(2)43)28(19)38(41,4)5/h7-15,25-27,29-32,34,37,42,45-46,50-51H,16-18H2,1-6H3/t25-,26-,27+,29-,30+,31+,32-,34-,37?,39+,40-,41+/m0/s1. The number of aliphatic hydroxyl groups is 4. The number of fused-ring (bicyclic) bond motifs is 6. The SMILES string of the molecule is CC(=O)O[C@H]1C(=O)[C@@]2(C)[C@H]([C@H](OC(=O)c3ccccc3)[C@]3(O)C[C@H](OC(=O)[C@H](O)[C@H]4NC(O)Oc5ccccc54)C(C)=C1C3(C)C)[C@]1(OC(C)=O)CO[C@@H]1C[C@@H]2O. The first-order chi connectivity index (χ1) is 26.8. The summed E-state index contributed by atoms with van der Waals surface area (Å²) in [5.74, 6) is -5.96. The van der Waals surface area contributed by atoms with Gasteiger partial charge in [0.25, 0.3) is 6.41 Å². The van der Waals surface area contributed by atoms with Gasteiger partial charge in [0.2, 0.25) is 0 Å². The molecule has 0 radical (unpaired) electrons.